The van der Waals surface area contributed by atoms with Gasteiger partial charge in [-0.3, -0.25) is 10.1 Å². The molecule has 0 bridgehead atoms. The second-order valence-electron chi connectivity index (χ2n) is 8.53. The molecule has 5 aromatic rings. The van der Waals surface area contributed by atoms with E-state index in [1.54, 1.807) is 18.2 Å². The Labute approximate surface area is 213 Å². The lowest BCUT2D eigenvalue weighted by molar-refractivity contribution is 0.0979. The number of hydrogen-bond donors (Lipinski definition) is 2. The number of hydrogen-bond acceptors (Lipinski definition) is 4. The summed E-state index contributed by atoms with van der Waals surface area (Å²) in [6.45, 7) is 4.30. The number of carbonyl (C=O) groups is 1. The molecular formula is C28H22ClN3O2S. The highest BCUT2D eigenvalue weighted by Gasteiger charge is 2.14. The van der Waals surface area contributed by atoms with E-state index in [1.165, 1.54) is 5.56 Å². The number of fused-ring (bicyclic) bond motifs is 2. The molecule has 4 aromatic carbocycles. The number of benzene rings is 4. The summed E-state index contributed by atoms with van der Waals surface area (Å²) in [6, 6.07) is 24.5. The highest BCUT2D eigenvalue weighted by Crippen LogP contribution is 2.28. The fourth-order valence-corrected chi connectivity index (χ4v) is 4.37. The van der Waals surface area contributed by atoms with Gasteiger partial charge in [0.15, 0.2) is 10.7 Å². The minimum absolute atomic E-state index is 0.199. The Balaban J connectivity index is 1.28. The van der Waals surface area contributed by atoms with E-state index in [1.807, 2.05) is 48.5 Å². The summed E-state index contributed by atoms with van der Waals surface area (Å²) >= 11 is 11.6. The molecule has 0 aliphatic carbocycles. The fraction of sp³-hybridized carbons (Fsp3) is 0.107. The Kier molecular flexibility index (Phi) is 6.24. The number of anilines is 1. The number of nitrogens with zero attached hydrogens (tertiary/aromatic N) is 1. The third-order valence-electron chi connectivity index (χ3n) is 5.81. The minimum Gasteiger partial charge on any atom is -0.436 e. The molecule has 0 saturated carbocycles. The van der Waals surface area contributed by atoms with Crippen LogP contribution in [0.15, 0.2) is 83.3 Å². The molecule has 2 N–H and O–H groups in total. The van der Waals surface area contributed by atoms with E-state index >= 15 is 0 Å². The van der Waals surface area contributed by atoms with Crippen LogP contribution in [0.2, 0.25) is 5.02 Å². The van der Waals surface area contributed by atoms with Crippen LogP contribution in [0.4, 0.5) is 5.69 Å². The van der Waals surface area contributed by atoms with Gasteiger partial charge in [-0.1, -0.05) is 55.8 Å². The standard InChI is InChI=1S/C28H22ClN3O2S/c1-16(2)18-11-14-25-24(15-18)31-27(34-25)17-9-12-19(13-10-17)30-28(35)32-26(33)22-7-3-6-21-20(22)5-4-8-23(21)29/h3-16H,1-2H3,(H2,30,32,33,35). The largest absolute Gasteiger partial charge is 0.436 e. The van der Waals surface area contributed by atoms with Crippen molar-refractivity contribution in [3.05, 3.63) is 95.0 Å². The maximum Gasteiger partial charge on any atom is 0.258 e. The first kappa shape index (κ1) is 23.0. The zero-order chi connectivity index (χ0) is 24.5. The summed E-state index contributed by atoms with van der Waals surface area (Å²) < 4.78 is 5.93. The zero-order valence-electron chi connectivity index (χ0n) is 19.1. The number of aromatic nitrogens is 1. The maximum atomic E-state index is 12.9. The molecule has 0 spiro atoms. The monoisotopic (exact) mass is 499 g/mol. The predicted molar refractivity (Wildman–Crippen MR) is 146 cm³/mol. The lowest BCUT2D eigenvalue weighted by atomic mass is 10.0. The van der Waals surface area contributed by atoms with Gasteiger partial charge in [0, 0.05) is 27.2 Å². The number of oxazole rings is 1. The molecular weight excluding hydrogens is 478 g/mol. The summed E-state index contributed by atoms with van der Waals surface area (Å²) in [4.78, 5) is 17.5. The van der Waals surface area contributed by atoms with Crippen molar-refractivity contribution in [3.8, 4) is 11.5 Å². The molecule has 5 nitrogen and oxygen atoms in total. The summed E-state index contributed by atoms with van der Waals surface area (Å²) in [5.74, 6) is 0.671. The van der Waals surface area contributed by atoms with Crippen molar-refractivity contribution in [2.75, 3.05) is 5.32 Å². The van der Waals surface area contributed by atoms with Crippen molar-refractivity contribution in [2.45, 2.75) is 19.8 Å². The quantitative estimate of drug-likeness (QED) is 0.250. The van der Waals surface area contributed by atoms with Crippen molar-refractivity contribution < 1.29 is 9.21 Å². The summed E-state index contributed by atoms with van der Waals surface area (Å²) in [5, 5.41) is 8.17. The number of halogens is 1. The molecule has 1 aromatic heterocycles. The van der Waals surface area contributed by atoms with Gasteiger partial charge >= 0.3 is 0 Å². The van der Waals surface area contributed by atoms with Crippen LogP contribution in [0, 0.1) is 0 Å². The third-order valence-corrected chi connectivity index (χ3v) is 6.34. The smallest absolute Gasteiger partial charge is 0.258 e. The van der Waals surface area contributed by atoms with Crippen molar-refractivity contribution >= 4 is 62.4 Å². The number of thiocarbonyl (C=S) groups is 1. The van der Waals surface area contributed by atoms with Crippen molar-refractivity contribution in [1.82, 2.24) is 10.3 Å². The SMILES string of the molecule is CC(C)c1ccc2oc(-c3ccc(NC(=S)NC(=O)c4cccc5c(Cl)cccc45)cc3)nc2c1. The van der Waals surface area contributed by atoms with Gasteiger partial charge in [0.05, 0.1) is 0 Å². The Morgan fingerprint density at radius 2 is 1.71 bits per heavy atom. The molecule has 5 rings (SSSR count). The topological polar surface area (TPSA) is 67.2 Å². The van der Waals surface area contributed by atoms with E-state index in [9.17, 15) is 4.79 Å². The number of amides is 1. The molecule has 0 unspecified atom stereocenters. The minimum atomic E-state index is -0.306. The highest BCUT2D eigenvalue weighted by molar-refractivity contribution is 7.80. The average molecular weight is 500 g/mol. The maximum absolute atomic E-state index is 12.9. The summed E-state index contributed by atoms with van der Waals surface area (Å²) in [5.41, 5.74) is 4.90. The van der Waals surface area contributed by atoms with Crippen molar-refractivity contribution in [2.24, 2.45) is 0 Å². The molecule has 0 saturated heterocycles. The second-order valence-corrected chi connectivity index (χ2v) is 9.34. The lowest BCUT2D eigenvalue weighted by Gasteiger charge is -2.11. The van der Waals surface area contributed by atoms with Crippen LogP contribution in [0.1, 0.15) is 35.7 Å². The number of carbonyl (C=O) groups excluding carboxylic acids is 1. The van der Waals surface area contributed by atoms with Gasteiger partial charge in [-0.05, 0) is 77.6 Å². The number of rotatable bonds is 4. The first-order valence-corrected chi connectivity index (χ1v) is 12.0. The highest BCUT2D eigenvalue weighted by atomic mass is 35.5. The normalized spacial score (nSPS) is 11.2. The van der Waals surface area contributed by atoms with Gasteiger partial charge in [-0.2, -0.15) is 0 Å². The van der Waals surface area contributed by atoms with E-state index in [4.69, 9.17) is 28.2 Å². The molecule has 0 fully saturated rings. The van der Waals surface area contributed by atoms with E-state index in [0.717, 1.165) is 33.1 Å². The van der Waals surface area contributed by atoms with Crippen LogP contribution in [0.5, 0.6) is 0 Å². The Morgan fingerprint density at radius 3 is 2.49 bits per heavy atom. The van der Waals surface area contributed by atoms with Crippen LogP contribution >= 0.6 is 23.8 Å². The van der Waals surface area contributed by atoms with Crippen LogP contribution in [0.3, 0.4) is 0 Å². The van der Waals surface area contributed by atoms with Crippen molar-refractivity contribution in [3.63, 3.8) is 0 Å². The van der Waals surface area contributed by atoms with Crippen LogP contribution in [-0.2, 0) is 0 Å². The Bertz CT molecular complexity index is 1580. The van der Waals surface area contributed by atoms with Gasteiger partial charge in [0.2, 0.25) is 5.89 Å². The molecule has 1 amide bonds. The first-order valence-electron chi connectivity index (χ1n) is 11.2. The van der Waals surface area contributed by atoms with E-state index in [-0.39, 0.29) is 11.0 Å². The van der Waals surface area contributed by atoms with Crippen molar-refractivity contribution in [1.29, 1.82) is 0 Å². The molecule has 0 aliphatic rings. The van der Waals surface area contributed by atoms with Gasteiger partial charge in [0.25, 0.3) is 5.91 Å². The Morgan fingerprint density at radius 1 is 0.971 bits per heavy atom. The zero-order valence-corrected chi connectivity index (χ0v) is 20.7. The van der Waals surface area contributed by atoms with Gasteiger partial charge in [0.1, 0.15) is 5.52 Å². The molecule has 7 heteroatoms. The molecule has 174 valence electrons. The molecule has 0 aliphatic heterocycles. The van der Waals surface area contributed by atoms with Gasteiger partial charge < -0.3 is 9.73 Å². The molecule has 35 heavy (non-hydrogen) atoms. The summed E-state index contributed by atoms with van der Waals surface area (Å²) in [7, 11) is 0. The van der Waals surface area contributed by atoms with E-state index in [2.05, 4.69) is 41.6 Å². The van der Waals surface area contributed by atoms with Gasteiger partial charge in [-0.15, -0.1) is 0 Å². The number of nitrogens with one attached hydrogen (secondary N) is 2. The first-order chi connectivity index (χ1) is 16.9. The second kappa shape index (κ2) is 9.49. The molecule has 0 radical (unpaired) electrons. The molecule has 1 heterocycles. The van der Waals surface area contributed by atoms with E-state index in [0.29, 0.717) is 22.4 Å². The Hall–Kier alpha value is -3.74. The lowest BCUT2D eigenvalue weighted by Crippen LogP contribution is -2.34. The van der Waals surface area contributed by atoms with Gasteiger partial charge in [-0.25, -0.2) is 4.98 Å². The third kappa shape index (κ3) is 4.76. The molecule has 0 atom stereocenters. The summed E-state index contributed by atoms with van der Waals surface area (Å²) in [6.07, 6.45) is 0. The predicted octanol–water partition coefficient (Wildman–Crippen LogP) is 7.55. The van der Waals surface area contributed by atoms with Crippen LogP contribution in [-0.4, -0.2) is 16.0 Å². The van der Waals surface area contributed by atoms with E-state index < -0.39 is 0 Å². The fourth-order valence-electron chi connectivity index (χ4n) is 3.93. The van der Waals surface area contributed by atoms with Crippen LogP contribution < -0.4 is 10.6 Å². The average Bonchev–Trinajstić information content (AvgIpc) is 3.28. The van der Waals surface area contributed by atoms with Crippen LogP contribution in [0.25, 0.3) is 33.3 Å².